The molecule has 8 heteroatoms. The van der Waals surface area contributed by atoms with Gasteiger partial charge < -0.3 is 9.73 Å². The number of hydrogen-bond acceptors (Lipinski definition) is 5. The van der Waals surface area contributed by atoms with Crippen molar-refractivity contribution in [3.05, 3.63) is 47.9 Å². The number of fused-ring (bicyclic) bond motifs is 1. The van der Waals surface area contributed by atoms with Crippen molar-refractivity contribution in [3.63, 3.8) is 0 Å². The molecule has 1 amide bonds. The lowest BCUT2D eigenvalue weighted by molar-refractivity contribution is -0.115. The van der Waals surface area contributed by atoms with Crippen LogP contribution in [0.3, 0.4) is 0 Å². The van der Waals surface area contributed by atoms with Crippen molar-refractivity contribution in [2.75, 3.05) is 11.9 Å². The molecule has 23 heavy (non-hydrogen) atoms. The molecule has 0 bridgehead atoms. The van der Waals surface area contributed by atoms with Crippen LogP contribution in [0.2, 0.25) is 0 Å². The fourth-order valence-electron chi connectivity index (χ4n) is 2.31. The molecule has 0 atom stereocenters. The number of sulfonamides is 1. The summed E-state index contributed by atoms with van der Waals surface area (Å²) in [5.74, 6) is 0.684. The second kappa shape index (κ2) is 6.53. The average Bonchev–Trinajstić information content (AvgIpc) is 3.13. The van der Waals surface area contributed by atoms with Crippen LogP contribution in [0.4, 0.5) is 5.69 Å². The first-order chi connectivity index (χ1) is 11.0. The number of anilines is 1. The minimum atomic E-state index is -3.77. The van der Waals surface area contributed by atoms with E-state index in [1.165, 1.54) is 12.1 Å². The number of amides is 1. The van der Waals surface area contributed by atoms with Gasteiger partial charge in [0.05, 0.1) is 24.2 Å². The number of hydrogen-bond donors (Lipinski definition) is 2. The molecule has 7 nitrogen and oxygen atoms in total. The summed E-state index contributed by atoms with van der Waals surface area (Å²) < 4.78 is 29.5. The lowest BCUT2D eigenvalue weighted by Crippen LogP contribution is -2.24. The Hall–Kier alpha value is -2.16. The monoisotopic (exact) mass is 336 g/mol. The summed E-state index contributed by atoms with van der Waals surface area (Å²) in [6.45, 7) is 0.227. The summed E-state index contributed by atoms with van der Waals surface area (Å²) in [6.07, 6.45) is 3.06. The predicted molar refractivity (Wildman–Crippen MR) is 82.1 cm³/mol. The maximum Gasteiger partial charge on any atom is 0.262 e. The molecule has 0 spiro atoms. The number of furan rings is 1. The van der Waals surface area contributed by atoms with Crippen LogP contribution in [0.25, 0.3) is 0 Å². The Labute approximate surface area is 133 Å². The van der Waals surface area contributed by atoms with Crippen LogP contribution in [0.15, 0.2) is 45.9 Å². The zero-order valence-corrected chi connectivity index (χ0v) is 13.1. The number of carbonyl (C=O) groups is 1. The predicted octanol–water partition coefficient (Wildman–Crippen LogP) is 1.62. The number of nitrogens with one attached hydrogen (secondary N) is 2. The van der Waals surface area contributed by atoms with Crippen molar-refractivity contribution < 1.29 is 22.5 Å². The molecular weight excluding hydrogens is 320 g/mol. The first-order valence-electron chi connectivity index (χ1n) is 7.13. The van der Waals surface area contributed by atoms with Gasteiger partial charge in [-0.05, 0) is 42.3 Å². The van der Waals surface area contributed by atoms with E-state index in [-0.39, 0.29) is 23.8 Å². The van der Waals surface area contributed by atoms with Gasteiger partial charge in [-0.15, -0.1) is 0 Å². The third-order valence-corrected chi connectivity index (χ3v) is 4.64. The molecule has 3 rings (SSSR count). The van der Waals surface area contributed by atoms with E-state index in [2.05, 4.69) is 10.2 Å². The van der Waals surface area contributed by atoms with Gasteiger partial charge in [-0.3, -0.25) is 9.63 Å². The molecule has 122 valence electrons. The topological polar surface area (TPSA) is 97.6 Å². The molecule has 1 aliphatic heterocycles. The van der Waals surface area contributed by atoms with E-state index in [1.807, 2.05) is 6.07 Å². The SMILES string of the molecule is O=C1Cc2cc(S(=O)(=O)NOCCCc3ccco3)ccc2N1. The van der Waals surface area contributed by atoms with Gasteiger partial charge in [-0.25, -0.2) is 8.42 Å². The molecule has 0 saturated heterocycles. The van der Waals surface area contributed by atoms with E-state index in [4.69, 9.17) is 9.25 Å². The Bertz CT molecular complexity index is 799. The molecule has 2 heterocycles. The largest absolute Gasteiger partial charge is 0.469 e. The number of carbonyl (C=O) groups excluding carboxylic acids is 1. The zero-order valence-electron chi connectivity index (χ0n) is 12.2. The molecule has 0 saturated carbocycles. The quantitative estimate of drug-likeness (QED) is 0.591. The smallest absolute Gasteiger partial charge is 0.262 e. The van der Waals surface area contributed by atoms with E-state index in [0.717, 1.165) is 5.76 Å². The summed E-state index contributed by atoms with van der Waals surface area (Å²) in [6, 6.07) is 8.13. The first kappa shape index (κ1) is 15.7. The van der Waals surface area contributed by atoms with Crippen LogP contribution in [-0.4, -0.2) is 20.9 Å². The van der Waals surface area contributed by atoms with E-state index in [1.54, 1.807) is 18.4 Å². The van der Waals surface area contributed by atoms with Gasteiger partial charge in [0.15, 0.2) is 0 Å². The van der Waals surface area contributed by atoms with Gasteiger partial charge in [-0.2, -0.15) is 0 Å². The van der Waals surface area contributed by atoms with Crippen LogP contribution < -0.4 is 10.2 Å². The van der Waals surface area contributed by atoms with Gasteiger partial charge in [0.2, 0.25) is 5.91 Å². The van der Waals surface area contributed by atoms with Crippen LogP contribution >= 0.6 is 0 Å². The highest BCUT2D eigenvalue weighted by Gasteiger charge is 2.21. The Morgan fingerprint density at radius 3 is 2.96 bits per heavy atom. The molecule has 0 fully saturated rings. The molecule has 1 aliphatic rings. The highest BCUT2D eigenvalue weighted by atomic mass is 32.2. The summed E-state index contributed by atoms with van der Waals surface area (Å²) >= 11 is 0. The van der Waals surface area contributed by atoms with Crippen LogP contribution in [0.5, 0.6) is 0 Å². The van der Waals surface area contributed by atoms with Crippen molar-refractivity contribution in [2.24, 2.45) is 0 Å². The Balaban J connectivity index is 1.53. The van der Waals surface area contributed by atoms with Gasteiger partial charge >= 0.3 is 0 Å². The summed E-state index contributed by atoms with van der Waals surface area (Å²) in [5.41, 5.74) is 1.31. The third-order valence-electron chi connectivity index (χ3n) is 3.43. The number of rotatable bonds is 7. The lowest BCUT2D eigenvalue weighted by atomic mass is 10.2. The molecule has 2 aromatic rings. The molecule has 1 aromatic carbocycles. The van der Waals surface area contributed by atoms with Crippen LogP contribution in [0.1, 0.15) is 17.7 Å². The lowest BCUT2D eigenvalue weighted by Gasteiger charge is -2.08. The van der Waals surface area contributed by atoms with E-state index in [0.29, 0.717) is 24.1 Å². The van der Waals surface area contributed by atoms with Gasteiger partial charge in [-0.1, -0.05) is 4.89 Å². The van der Waals surface area contributed by atoms with E-state index < -0.39 is 10.0 Å². The molecule has 2 N–H and O–H groups in total. The number of aryl methyl sites for hydroxylation is 1. The van der Waals surface area contributed by atoms with E-state index >= 15 is 0 Å². The van der Waals surface area contributed by atoms with Gasteiger partial charge in [0.1, 0.15) is 5.76 Å². The average molecular weight is 336 g/mol. The molecule has 0 radical (unpaired) electrons. The Morgan fingerprint density at radius 2 is 2.17 bits per heavy atom. The maximum absolute atomic E-state index is 12.1. The molecular formula is C15H16N2O5S. The van der Waals surface area contributed by atoms with E-state index in [9.17, 15) is 13.2 Å². The van der Waals surface area contributed by atoms with Gasteiger partial charge in [0, 0.05) is 12.1 Å². The van der Waals surface area contributed by atoms with Crippen molar-refractivity contribution in [1.29, 1.82) is 0 Å². The molecule has 0 aliphatic carbocycles. The van der Waals surface area contributed by atoms with Crippen molar-refractivity contribution in [1.82, 2.24) is 4.89 Å². The summed E-state index contributed by atoms with van der Waals surface area (Å²) in [4.78, 5) is 18.5. The maximum atomic E-state index is 12.1. The summed E-state index contributed by atoms with van der Waals surface area (Å²) in [5, 5.41) is 2.65. The van der Waals surface area contributed by atoms with Crippen molar-refractivity contribution in [3.8, 4) is 0 Å². The second-order valence-corrected chi connectivity index (χ2v) is 6.81. The minimum Gasteiger partial charge on any atom is -0.469 e. The standard InChI is InChI=1S/C15H16N2O5S/c18-15-10-11-9-13(5-6-14(11)16-15)23(19,20)17-22-8-2-4-12-3-1-7-21-12/h1,3,5-7,9,17H,2,4,8,10H2,(H,16,18). The summed E-state index contributed by atoms with van der Waals surface area (Å²) in [7, 11) is -3.77. The highest BCUT2D eigenvalue weighted by molar-refractivity contribution is 7.89. The van der Waals surface area contributed by atoms with Crippen molar-refractivity contribution >= 4 is 21.6 Å². The van der Waals surface area contributed by atoms with Crippen LogP contribution in [-0.2, 0) is 32.5 Å². The number of benzene rings is 1. The highest BCUT2D eigenvalue weighted by Crippen LogP contribution is 2.25. The Morgan fingerprint density at radius 1 is 1.30 bits per heavy atom. The van der Waals surface area contributed by atoms with Crippen LogP contribution in [0, 0.1) is 0 Å². The van der Waals surface area contributed by atoms with Crippen molar-refractivity contribution in [2.45, 2.75) is 24.2 Å². The molecule has 1 aromatic heterocycles. The molecule has 0 unspecified atom stereocenters. The fourth-order valence-corrected chi connectivity index (χ4v) is 3.19. The zero-order chi connectivity index (χ0) is 16.3. The minimum absolute atomic E-state index is 0.0683. The first-order valence-corrected chi connectivity index (χ1v) is 8.62. The Kier molecular flexibility index (Phi) is 4.46. The third kappa shape index (κ3) is 3.79. The second-order valence-electron chi connectivity index (χ2n) is 5.16. The normalized spacial score (nSPS) is 13.8. The van der Waals surface area contributed by atoms with Gasteiger partial charge in [0.25, 0.3) is 10.0 Å². The fraction of sp³-hybridized carbons (Fsp3) is 0.267.